The highest BCUT2D eigenvalue weighted by molar-refractivity contribution is 6.52. The van der Waals surface area contributed by atoms with Crippen LogP contribution in [0, 0.1) is 5.82 Å². The molecule has 0 aromatic heterocycles. The molecule has 1 aliphatic heterocycles. The maximum absolute atomic E-state index is 13.1. The SMILES string of the molecule is CC[NH+](CC)CCN1C(=O)C(=O)c2cc(F)ccc21. The molecular weight excluding hydrogens is 247 g/mol. The molecule has 5 heteroatoms. The van der Waals surface area contributed by atoms with Gasteiger partial charge in [0.25, 0.3) is 11.7 Å². The van der Waals surface area contributed by atoms with E-state index in [9.17, 15) is 14.0 Å². The van der Waals surface area contributed by atoms with Gasteiger partial charge in [0.2, 0.25) is 0 Å². The van der Waals surface area contributed by atoms with Crippen LogP contribution < -0.4 is 9.80 Å². The number of fused-ring (bicyclic) bond motifs is 1. The number of carbonyl (C=O) groups is 2. The summed E-state index contributed by atoms with van der Waals surface area (Å²) in [4.78, 5) is 26.5. The summed E-state index contributed by atoms with van der Waals surface area (Å²) in [7, 11) is 0. The van der Waals surface area contributed by atoms with Crippen LogP contribution in [0.1, 0.15) is 24.2 Å². The average molecular weight is 265 g/mol. The van der Waals surface area contributed by atoms with Crippen molar-refractivity contribution in [3.8, 4) is 0 Å². The summed E-state index contributed by atoms with van der Waals surface area (Å²) >= 11 is 0. The van der Waals surface area contributed by atoms with Gasteiger partial charge in [0.1, 0.15) is 5.82 Å². The number of likely N-dealkylation sites (N-methyl/N-ethyl adjacent to an activating group) is 1. The molecule has 1 amide bonds. The Labute approximate surface area is 111 Å². The van der Waals surface area contributed by atoms with Crippen molar-refractivity contribution in [2.24, 2.45) is 0 Å². The van der Waals surface area contributed by atoms with Crippen LogP contribution in [-0.2, 0) is 4.79 Å². The molecule has 2 rings (SSSR count). The highest BCUT2D eigenvalue weighted by atomic mass is 19.1. The minimum absolute atomic E-state index is 0.180. The van der Waals surface area contributed by atoms with Crippen molar-refractivity contribution in [2.45, 2.75) is 13.8 Å². The topological polar surface area (TPSA) is 41.8 Å². The first-order chi connectivity index (χ1) is 9.08. The van der Waals surface area contributed by atoms with Gasteiger partial charge >= 0.3 is 0 Å². The molecular formula is C14H18FN2O2+. The van der Waals surface area contributed by atoms with Crippen molar-refractivity contribution in [3.63, 3.8) is 0 Å². The Morgan fingerprint density at radius 1 is 1.21 bits per heavy atom. The first-order valence-electron chi connectivity index (χ1n) is 6.57. The molecule has 0 unspecified atom stereocenters. The predicted molar refractivity (Wildman–Crippen MR) is 70.0 cm³/mol. The Balaban J connectivity index is 2.19. The smallest absolute Gasteiger partial charge is 0.299 e. The third-order valence-electron chi connectivity index (χ3n) is 3.62. The van der Waals surface area contributed by atoms with Crippen molar-refractivity contribution in [3.05, 3.63) is 29.6 Å². The summed E-state index contributed by atoms with van der Waals surface area (Å²) in [5.41, 5.74) is 0.711. The molecule has 102 valence electrons. The van der Waals surface area contributed by atoms with E-state index in [1.54, 1.807) is 0 Å². The van der Waals surface area contributed by atoms with Gasteiger partial charge in [-0.1, -0.05) is 0 Å². The number of ketones is 1. The first-order valence-corrected chi connectivity index (χ1v) is 6.57. The number of halogens is 1. The molecule has 0 aliphatic carbocycles. The molecule has 0 fully saturated rings. The maximum Gasteiger partial charge on any atom is 0.299 e. The molecule has 1 aromatic carbocycles. The van der Waals surface area contributed by atoms with E-state index in [0.717, 1.165) is 25.7 Å². The number of carbonyl (C=O) groups excluding carboxylic acids is 2. The number of nitrogens with zero attached hydrogens (tertiary/aromatic N) is 1. The number of nitrogens with one attached hydrogen (secondary N) is 1. The zero-order chi connectivity index (χ0) is 14.0. The number of hydrogen-bond acceptors (Lipinski definition) is 2. The van der Waals surface area contributed by atoms with Gasteiger partial charge in [-0.25, -0.2) is 4.39 Å². The van der Waals surface area contributed by atoms with E-state index < -0.39 is 17.5 Å². The Hall–Kier alpha value is -1.75. The zero-order valence-electron chi connectivity index (χ0n) is 11.2. The van der Waals surface area contributed by atoms with Crippen LogP contribution in [0.4, 0.5) is 10.1 Å². The van der Waals surface area contributed by atoms with Crippen molar-refractivity contribution in [1.82, 2.24) is 0 Å². The molecule has 1 heterocycles. The molecule has 0 saturated heterocycles. The number of anilines is 1. The molecule has 19 heavy (non-hydrogen) atoms. The van der Waals surface area contributed by atoms with Crippen LogP contribution in [0.3, 0.4) is 0 Å². The van der Waals surface area contributed by atoms with Crippen molar-refractivity contribution in [1.29, 1.82) is 0 Å². The lowest BCUT2D eigenvalue weighted by Gasteiger charge is -2.20. The highest BCUT2D eigenvalue weighted by Gasteiger charge is 2.36. The normalized spacial score (nSPS) is 14.4. The summed E-state index contributed by atoms with van der Waals surface area (Å²) in [5.74, 6) is -1.65. The summed E-state index contributed by atoms with van der Waals surface area (Å²) < 4.78 is 13.1. The van der Waals surface area contributed by atoms with Crippen molar-refractivity contribution < 1.29 is 18.9 Å². The largest absolute Gasteiger partial charge is 0.334 e. The molecule has 0 bridgehead atoms. The number of benzene rings is 1. The second-order valence-electron chi connectivity index (χ2n) is 4.65. The lowest BCUT2D eigenvalue weighted by Crippen LogP contribution is -3.12. The fourth-order valence-electron chi connectivity index (χ4n) is 2.37. The molecule has 1 aromatic rings. The number of hydrogen-bond donors (Lipinski definition) is 1. The van der Waals surface area contributed by atoms with Gasteiger partial charge in [0.15, 0.2) is 0 Å². The minimum Gasteiger partial charge on any atom is -0.334 e. The quantitative estimate of drug-likeness (QED) is 0.777. The van der Waals surface area contributed by atoms with Gasteiger partial charge in [0.05, 0.1) is 37.4 Å². The van der Waals surface area contributed by atoms with E-state index in [4.69, 9.17) is 0 Å². The van der Waals surface area contributed by atoms with Crippen LogP contribution >= 0.6 is 0 Å². The molecule has 0 radical (unpaired) electrons. The van der Waals surface area contributed by atoms with Gasteiger partial charge in [-0.05, 0) is 32.0 Å². The van der Waals surface area contributed by atoms with Crippen molar-refractivity contribution >= 4 is 17.4 Å². The molecule has 4 nitrogen and oxygen atoms in total. The summed E-state index contributed by atoms with van der Waals surface area (Å²) in [5, 5.41) is 0. The van der Waals surface area contributed by atoms with E-state index in [2.05, 4.69) is 13.8 Å². The standard InChI is InChI=1S/C14H17FN2O2/c1-3-16(4-2)7-8-17-12-6-5-10(15)9-11(12)13(18)14(17)19/h5-6,9H,3-4,7-8H2,1-2H3/p+1. The van der Waals surface area contributed by atoms with Gasteiger partial charge < -0.3 is 4.90 Å². The number of amides is 1. The van der Waals surface area contributed by atoms with Gasteiger partial charge in [-0.15, -0.1) is 0 Å². The second-order valence-corrected chi connectivity index (χ2v) is 4.65. The Bertz CT molecular complexity index is 512. The molecule has 0 spiro atoms. The molecule has 0 atom stereocenters. The maximum atomic E-state index is 13.1. The van der Waals surface area contributed by atoms with Crippen LogP contribution in [0.15, 0.2) is 18.2 Å². The molecule has 0 saturated carbocycles. The zero-order valence-corrected chi connectivity index (χ0v) is 11.2. The van der Waals surface area contributed by atoms with Crippen LogP contribution in [0.5, 0.6) is 0 Å². The minimum atomic E-state index is -0.607. The highest BCUT2D eigenvalue weighted by Crippen LogP contribution is 2.28. The molecule has 1 N–H and O–H groups in total. The van der Waals surface area contributed by atoms with E-state index in [1.165, 1.54) is 21.9 Å². The summed E-state index contributed by atoms with van der Waals surface area (Å²) in [6, 6.07) is 3.92. The van der Waals surface area contributed by atoms with Crippen molar-refractivity contribution in [2.75, 3.05) is 31.1 Å². The van der Waals surface area contributed by atoms with Gasteiger partial charge in [-0.3, -0.25) is 14.5 Å². The Morgan fingerprint density at radius 3 is 2.53 bits per heavy atom. The number of rotatable bonds is 5. The van der Waals surface area contributed by atoms with E-state index >= 15 is 0 Å². The van der Waals surface area contributed by atoms with Crippen LogP contribution in [0.2, 0.25) is 0 Å². The van der Waals surface area contributed by atoms with Crippen LogP contribution in [0.25, 0.3) is 0 Å². The lowest BCUT2D eigenvalue weighted by atomic mass is 10.1. The average Bonchev–Trinajstić information content (AvgIpc) is 2.64. The number of Topliss-reactive ketones (excluding diaryl/α,β-unsaturated/α-hetero) is 1. The van der Waals surface area contributed by atoms with Gasteiger partial charge in [-0.2, -0.15) is 0 Å². The predicted octanol–water partition coefficient (Wildman–Crippen LogP) is 0.280. The summed E-state index contributed by atoms with van der Waals surface area (Å²) in [6.07, 6.45) is 0. The third kappa shape index (κ3) is 2.51. The fraction of sp³-hybridized carbons (Fsp3) is 0.429. The molecule has 1 aliphatic rings. The monoisotopic (exact) mass is 265 g/mol. The first kappa shape index (κ1) is 13.7. The lowest BCUT2D eigenvalue weighted by molar-refractivity contribution is -0.894. The van der Waals surface area contributed by atoms with E-state index in [1.807, 2.05) is 0 Å². The number of quaternary nitrogens is 1. The second kappa shape index (κ2) is 5.48. The van der Waals surface area contributed by atoms with E-state index in [-0.39, 0.29) is 5.56 Å². The fourth-order valence-corrected chi connectivity index (χ4v) is 2.37. The van der Waals surface area contributed by atoms with Gasteiger partial charge in [0, 0.05) is 0 Å². The Kier molecular flexibility index (Phi) is 3.95. The van der Waals surface area contributed by atoms with E-state index in [0.29, 0.717) is 12.2 Å². The Morgan fingerprint density at radius 2 is 1.89 bits per heavy atom. The summed E-state index contributed by atoms with van der Waals surface area (Å²) in [6.45, 7) is 7.38. The van der Waals surface area contributed by atoms with Crippen LogP contribution in [-0.4, -0.2) is 37.9 Å². The third-order valence-corrected chi connectivity index (χ3v) is 3.62.